The molecule has 2 aliphatic rings. The number of hydrogen-bond acceptors (Lipinski definition) is 3. The van der Waals surface area contributed by atoms with E-state index < -0.39 is 0 Å². The Kier molecular flexibility index (Phi) is 4.43. The van der Waals surface area contributed by atoms with Crippen LogP contribution in [-0.4, -0.2) is 37.0 Å². The maximum Gasteiger partial charge on any atom is 0.249 e. The lowest BCUT2D eigenvalue weighted by atomic mass is 10.1. The average Bonchev–Trinajstić information content (AvgIpc) is 3.11. The van der Waals surface area contributed by atoms with Crippen LogP contribution < -0.4 is 15.5 Å². The van der Waals surface area contributed by atoms with Gasteiger partial charge in [0, 0.05) is 24.7 Å². The van der Waals surface area contributed by atoms with Crippen LogP contribution >= 0.6 is 0 Å². The molecule has 1 aromatic carbocycles. The second-order valence-electron chi connectivity index (χ2n) is 6.23. The van der Waals surface area contributed by atoms with E-state index >= 15 is 0 Å². The molecule has 2 unspecified atom stereocenters. The van der Waals surface area contributed by atoms with Crippen LogP contribution in [0.15, 0.2) is 24.3 Å². The molecule has 0 radical (unpaired) electrons. The minimum atomic E-state index is -0.379. The third-order valence-electron chi connectivity index (χ3n) is 4.48. The molecule has 2 atom stereocenters. The number of nitrogens with zero attached hydrogens (tertiary/aromatic N) is 1. The normalized spacial score (nSPS) is 24.8. The second-order valence-corrected chi connectivity index (χ2v) is 6.23. The van der Waals surface area contributed by atoms with Gasteiger partial charge in [-0.15, -0.1) is 0 Å². The molecule has 1 aromatic rings. The third-order valence-corrected chi connectivity index (χ3v) is 4.48. The van der Waals surface area contributed by atoms with Gasteiger partial charge in [0.15, 0.2) is 0 Å². The summed E-state index contributed by atoms with van der Waals surface area (Å²) in [6.07, 6.45) is 3.31. The average molecular weight is 301 g/mol. The van der Waals surface area contributed by atoms with Crippen LogP contribution in [0, 0.1) is 6.92 Å². The summed E-state index contributed by atoms with van der Waals surface area (Å²) in [4.78, 5) is 26.3. The lowest BCUT2D eigenvalue weighted by molar-refractivity contribution is -0.126. The van der Waals surface area contributed by atoms with Gasteiger partial charge in [0.1, 0.15) is 6.04 Å². The molecule has 3 rings (SSSR count). The summed E-state index contributed by atoms with van der Waals surface area (Å²) < 4.78 is 0. The highest BCUT2D eigenvalue weighted by atomic mass is 16.2. The fraction of sp³-hybridized carbons (Fsp3) is 0.529. The Morgan fingerprint density at radius 1 is 1.32 bits per heavy atom. The fourth-order valence-corrected chi connectivity index (χ4v) is 3.20. The van der Waals surface area contributed by atoms with Crippen molar-refractivity contribution in [2.24, 2.45) is 0 Å². The Labute approximate surface area is 131 Å². The van der Waals surface area contributed by atoms with E-state index in [1.165, 1.54) is 5.56 Å². The Morgan fingerprint density at radius 2 is 2.09 bits per heavy atom. The number of hydrogen-bond donors (Lipinski definition) is 2. The molecule has 2 amide bonds. The summed E-state index contributed by atoms with van der Waals surface area (Å²) in [6.45, 7) is 3.67. The van der Waals surface area contributed by atoms with Crippen molar-refractivity contribution in [2.75, 3.05) is 18.0 Å². The minimum absolute atomic E-state index is 0.00316. The number of rotatable bonds is 4. The number of nitrogens with one attached hydrogen (secondary N) is 2. The molecule has 2 fully saturated rings. The first-order valence-corrected chi connectivity index (χ1v) is 8.04. The molecule has 0 spiro atoms. The summed E-state index contributed by atoms with van der Waals surface area (Å²) in [7, 11) is 0. The molecule has 22 heavy (non-hydrogen) atoms. The summed E-state index contributed by atoms with van der Waals surface area (Å²) in [5.41, 5.74) is 2.08. The van der Waals surface area contributed by atoms with Crippen molar-refractivity contribution >= 4 is 17.5 Å². The quantitative estimate of drug-likeness (QED) is 0.883. The zero-order valence-electron chi connectivity index (χ0n) is 13.0. The van der Waals surface area contributed by atoms with E-state index in [2.05, 4.69) is 10.6 Å². The molecule has 2 saturated heterocycles. The molecule has 5 nitrogen and oxygen atoms in total. The van der Waals surface area contributed by atoms with Crippen LogP contribution in [0.5, 0.6) is 0 Å². The fourth-order valence-electron chi connectivity index (χ4n) is 3.20. The summed E-state index contributed by atoms with van der Waals surface area (Å²) in [5.74, 6) is -0.0277. The molecule has 118 valence electrons. The molecule has 0 saturated carbocycles. The first kappa shape index (κ1) is 15.0. The largest absolute Gasteiger partial charge is 0.344 e. The number of amides is 2. The Hall–Kier alpha value is -1.88. The van der Waals surface area contributed by atoms with Gasteiger partial charge >= 0.3 is 0 Å². The van der Waals surface area contributed by atoms with E-state index in [1.807, 2.05) is 31.2 Å². The van der Waals surface area contributed by atoms with E-state index in [-0.39, 0.29) is 23.9 Å². The van der Waals surface area contributed by atoms with Gasteiger partial charge in [-0.2, -0.15) is 0 Å². The number of anilines is 1. The van der Waals surface area contributed by atoms with Gasteiger partial charge in [0.05, 0.1) is 0 Å². The molecule has 0 bridgehead atoms. The molecule has 2 aliphatic heterocycles. The molecule has 2 N–H and O–H groups in total. The summed E-state index contributed by atoms with van der Waals surface area (Å²) in [6, 6.07) is 7.81. The maximum atomic E-state index is 12.5. The van der Waals surface area contributed by atoms with Gasteiger partial charge < -0.3 is 15.5 Å². The van der Waals surface area contributed by atoms with Crippen LogP contribution in [0.3, 0.4) is 0 Å². The topological polar surface area (TPSA) is 61.4 Å². The lowest BCUT2D eigenvalue weighted by Gasteiger charge is -2.18. The zero-order chi connectivity index (χ0) is 15.5. The number of carbonyl (C=O) groups excluding carboxylic acids is 2. The van der Waals surface area contributed by atoms with Gasteiger partial charge in [-0.25, -0.2) is 0 Å². The smallest absolute Gasteiger partial charge is 0.249 e. The van der Waals surface area contributed by atoms with E-state index in [4.69, 9.17) is 0 Å². The van der Waals surface area contributed by atoms with E-state index in [1.54, 1.807) is 4.90 Å². The van der Waals surface area contributed by atoms with Gasteiger partial charge in [-0.3, -0.25) is 9.59 Å². The van der Waals surface area contributed by atoms with Crippen molar-refractivity contribution in [3.63, 3.8) is 0 Å². The van der Waals surface area contributed by atoms with Crippen molar-refractivity contribution < 1.29 is 9.59 Å². The number of benzene rings is 1. The van der Waals surface area contributed by atoms with Crippen molar-refractivity contribution in [3.05, 3.63) is 29.8 Å². The lowest BCUT2D eigenvalue weighted by Crippen LogP contribution is -2.43. The Morgan fingerprint density at radius 3 is 2.77 bits per heavy atom. The predicted octanol–water partition coefficient (Wildman–Crippen LogP) is 1.36. The first-order chi connectivity index (χ1) is 10.6. The second kappa shape index (κ2) is 6.48. The van der Waals surface area contributed by atoms with Crippen molar-refractivity contribution in [2.45, 2.75) is 44.7 Å². The van der Waals surface area contributed by atoms with Gasteiger partial charge in [-0.05, 0) is 44.9 Å². The summed E-state index contributed by atoms with van der Waals surface area (Å²) >= 11 is 0. The predicted molar refractivity (Wildman–Crippen MR) is 85.7 cm³/mol. The third kappa shape index (κ3) is 3.30. The monoisotopic (exact) mass is 301 g/mol. The van der Waals surface area contributed by atoms with Crippen LogP contribution in [0.1, 0.15) is 31.2 Å². The molecular formula is C17H23N3O2. The minimum Gasteiger partial charge on any atom is -0.344 e. The number of aryl methyl sites for hydroxylation is 1. The molecule has 0 aromatic heterocycles. The van der Waals surface area contributed by atoms with Crippen molar-refractivity contribution in [1.29, 1.82) is 0 Å². The molecular weight excluding hydrogens is 278 g/mol. The summed E-state index contributed by atoms with van der Waals surface area (Å²) in [5, 5.41) is 6.20. The standard InChI is InChI=1S/C17H23N3O2/c1-12-4-6-14(7-5-12)20-10-8-15(17(20)22)19-16(21)11-13-3-2-9-18-13/h4-7,13,15,18H,2-3,8-11H2,1H3,(H,19,21). The van der Waals surface area contributed by atoms with Crippen LogP contribution in [0.25, 0.3) is 0 Å². The molecule has 2 heterocycles. The zero-order valence-corrected chi connectivity index (χ0v) is 13.0. The highest BCUT2D eigenvalue weighted by molar-refractivity contribution is 6.01. The maximum absolute atomic E-state index is 12.5. The van der Waals surface area contributed by atoms with Crippen molar-refractivity contribution in [3.8, 4) is 0 Å². The van der Waals surface area contributed by atoms with E-state index in [0.29, 0.717) is 19.4 Å². The van der Waals surface area contributed by atoms with Gasteiger partial charge in [-0.1, -0.05) is 17.7 Å². The van der Waals surface area contributed by atoms with E-state index in [9.17, 15) is 9.59 Å². The Bertz CT molecular complexity index is 550. The number of carbonyl (C=O) groups is 2. The van der Waals surface area contributed by atoms with Crippen LogP contribution in [-0.2, 0) is 9.59 Å². The SMILES string of the molecule is Cc1ccc(N2CCC(NC(=O)CC3CCCN3)C2=O)cc1. The van der Waals surface area contributed by atoms with E-state index in [0.717, 1.165) is 25.1 Å². The Balaban J connectivity index is 1.56. The van der Waals surface area contributed by atoms with Crippen LogP contribution in [0.4, 0.5) is 5.69 Å². The highest BCUT2D eigenvalue weighted by Gasteiger charge is 2.33. The molecule has 5 heteroatoms. The van der Waals surface area contributed by atoms with Crippen LogP contribution in [0.2, 0.25) is 0 Å². The molecule has 0 aliphatic carbocycles. The van der Waals surface area contributed by atoms with Crippen molar-refractivity contribution in [1.82, 2.24) is 10.6 Å². The first-order valence-electron chi connectivity index (χ1n) is 8.04. The van der Waals surface area contributed by atoms with Gasteiger partial charge in [0.25, 0.3) is 0 Å². The highest BCUT2D eigenvalue weighted by Crippen LogP contribution is 2.22. The van der Waals surface area contributed by atoms with Gasteiger partial charge in [0.2, 0.25) is 11.8 Å².